The van der Waals surface area contributed by atoms with Crippen molar-refractivity contribution < 1.29 is 9.59 Å². The number of amides is 1. The predicted molar refractivity (Wildman–Crippen MR) is 122 cm³/mol. The molecule has 1 heterocycles. The van der Waals surface area contributed by atoms with Crippen LogP contribution in [-0.4, -0.2) is 16.3 Å². The minimum Gasteiger partial charge on any atom is -0.322 e. The molecule has 0 spiro atoms. The third kappa shape index (κ3) is 3.97. The van der Waals surface area contributed by atoms with E-state index in [1.807, 2.05) is 39.0 Å². The first-order valence-electron chi connectivity index (χ1n) is 10.4. The Hall–Kier alpha value is -3.98. The Morgan fingerprint density at radius 2 is 1.81 bits per heavy atom. The Bertz CT molecular complexity index is 1340. The number of benzene rings is 2. The lowest BCUT2D eigenvalue weighted by Gasteiger charge is -2.31. The zero-order chi connectivity index (χ0) is 23.0. The first kappa shape index (κ1) is 21.3. The van der Waals surface area contributed by atoms with E-state index in [0.29, 0.717) is 40.9 Å². The molecule has 0 atom stereocenters. The van der Waals surface area contributed by atoms with Crippen LogP contribution in [0.15, 0.2) is 59.5 Å². The molecule has 6 nitrogen and oxygen atoms in total. The van der Waals surface area contributed by atoms with E-state index in [1.54, 1.807) is 42.6 Å². The van der Waals surface area contributed by atoms with Crippen molar-refractivity contribution in [2.45, 2.75) is 33.6 Å². The van der Waals surface area contributed by atoms with Crippen molar-refractivity contribution in [1.82, 2.24) is 4.57 Å². The van der Waals surface area contributed by atoms with Gasteiger partial charge in [0.25, 0.3) is 11.5 Å². The van der Waals surface area contributed by atoms with Gasteiger partial charge in [-0.25, -0.2) is 0 Å². The van der Waals surface area contributed by atoms with E-state index >= 15 is 0 Å². The molecule has 0 fully saturated rings. The van der Waals surface area contributed by atoms with Gasteiger partial charge < -0.3 is 5.32 Å². The van der Waals surface area contributed by atoms with E-state index in [-0.39, 0.29) is 16.8 Å². The third-order valence-electron chi connectivity index (χ3n) is 5.70. The van der Waals surface area contributed by atoms with Crippen molar-refractivity contribution in [2.75, 3.05) is 5.32 Å². The molecular weight excluding hydrogens is 402 g/mol. The molecule has 1 aliphatic carbocycles. The number of nitrogens with one attached hydrogen (secondary N) is 1. The second-order valence-electron chi connectivity index (χ2n) is 8.99. The standard InChI is InChI=1S/C26H23N3O3/c1-16-7-9-19(10-8-16)29-15-21-20(12-26(2,3)13-22(21)30)23(25(29)32)24(31)28-18-6-4-5-17(11-18)14-27/h4-11,15H,12-13H2,1-3H3,(H,28,31). The smallest absolute Gasteiger partial charge is 0.268 e. The number of ketones is 1. The highest BCUT2D eigenvalue weighted by Gasteiger charge is 2.36. The average Bonchev–Trinajstić information content (AvgIpc) is 2.73. The summed E-state index contributed by atoms with van der Waals surface area (Å²) in [6.45, 7) is 5.86. The number of pyridine rings is 1. The highest BCUT2D eigenvalue weighted by molar-refractivity contribution is 6.08. The predicted octanol–water partition coefficient (Wildman–Crippen LogP) is 4.43. The molecule has 0 bridgehead atoms. The van der Waals surface area contributed by atoms with Crippen molar-refractivity contribution in [3.05, 3.63) is 92.9 Å². The minimum absolute atomic E-state index is 0.0356. The third-order valence-corrected chi connectivity index (χ3v) is 5.70. The zero-order valence-corrected chi connectivity index (χ0v) is 18.2. The van der Waals surface area contributed by atoms with Gasteiger partial charge in [0, 0.05) is 29.6 Å². The lowest BCUT2D eigenvalue weighted by molar-refractivity contribution is 0.0910. The number of rotatable bonds is 3. The largest absolute Gasteiger partial charge is 0.322 e. The van der Waals surface area contributed by atoms with Gasteiger partial charge in [-0.15, -0.1) is 0 Å². The van der Waals surface area contributed by atoms with Crippen molar-refractivity contribution >= 4 is 17.4 Å². The number of aryl methyl sites for hydroxylation is 1. The number of anilines is 1. The lowest BCUT2D eigenvalue weighted by atomic mass is 9.73. The van der Waals surface area contributed by atoms with Crippen molar-refractivity contribution in [2.24, 2.45) is 5.41 Å². The number of hydrogen-bond acceptors (Lipinski definition) is 4. The Morgan fingerprint density at radius 1 is 1.09 bits per heavy atom. The molecule has 1 N–H and O–H groups in total. The van der Waals surface area contributed by atoms with E-state index in [0.717, 1.165) is 5.56 Å². The maximum atomic E-state index is 13.5. The molecule has 1 aromatic heterocycles. The molecule has 0 aliphatic heterocycles. The van der Waals surface area contributed by atoms with Crippen LogP contribution in [0.5, 0.6) is 0 Å². The minimum atomic E-state index is -0.590. The molecule has 1 amide bonds. The first-order valence-corrected chi connectivity index (χ1v) is 10.4. The van der Waals surface area contributed by atoms with Gasteiger partial charge in [0.15, 0.2) is 5.78 Å². The van der Waals surface area contributed by atoms with E-state index in [9.17, 15) is 14.4 Å². The van der Waals surface area contributed by atoms with Crippen LogP contribution >= 0.6 is 0 Å². The van der Waals surface area contributed by atoms with Crippen LogP contribution in [-0.2, 0) is 6.42 Å². The van der Waals surface area contributed by atoms with Crippen molar-refractivity contribution in [3.63, 3.8) is 0 Å². The molecule has 160 valence electrons. The van der Waals surface area contributed by atoms with Gasteiger partial charge in [0.2, 0.25) is 0 Å². The number of aromatic nitrogens is 1. The van der Waals surface area contributed by atoms with Crippen LogP contribution in [0.2, 0.25) is 0 Å². The summed E-state index contributed by atoms with van der Waals surface area (Å²) in [5.74, 6) is -0.675. The van der Waals surface area contributed by atoms with Gasteiger partial charge in [-0.3, -0.25) is 19.0 Å². The second kappa shape index (κ2) is 7.93. The van der Waals surface area contributed by atoms with Gasteiger partial charge in [-0.2, -0.15) is 5.26 Å². The van der Waals surface area contributed by atoms with Crippen LogP contribution in [0.25, 0.3) is 5.69 Å². The number of nitrogens with zero attached hydrogens (tertiary/aromatic N) is 2. The van der Waals surface area contributed by atoms with Crippen LogP contribution in [0.4, 0.5) is 5.69 Å². The molecule has 4 rings (SSSR count). The number of carbonyl (C=O) groups is 2. The van der Waals surface area contributed by atoms with E-state index in [2.05, 4.69) is 5.32 Å². The summed E-state index contributed by atoms with van der Waals surface area (Å²) in [7, 11) is 0. The van der Waals surface area contributed by atoms with E-state index in [4.69, 9.17) is 5.26 Å². The highest BCUT2D eigenvalue weighted by atomic mass is 16.2. The van der Waals surface area contributed by atoms with Crippen molar-refractivity contribution in [3.8, 4) is 11.8 Å². The molecule has 1 aliphatic rings. The molecule has 2 aromatic carbocycles. The first-order chi connectivity index (χ1) is 15.2. The van der Waals surface area contributed by atoms with E-state index in [1.165, 1.54) is 4.57 Å². The summed E-state index contributed by atoms with van der Waals surface area (Å²) in [6.07, 6.45) is 2.35. The quantitative estimate of drug-likeness (QED) is 0.672. The number of fused-ring (bicyclic) bond motifs is 1. The molecule has 3 aromatic rings. The summed E-state index contributed by atoms with van der Waals surface area (Å²) >= 11 is 0. The Balaban J connectivity index is 1.90. The molecule has 0 saturated carbocycles. The van der Waals surface area contributed by atoms with Gasteiger partial charge in [0.05, 0.1) is 11.6 Å². The van der Waals surface area contributed by atoms with Gasteiger partial charge in [0.1, 0.15) is 5.56 Å². The lowest BCUT2D eigenvalue weighted by Crippen LogP contribution is -2.37. The van der Waals surface area contributed by atoms with Crippen molar-refractivity contribution in [1.29, 1.82) is 5.26 Å². The number of nitriles is 1. The second-order valence-corrected chi connectivity index (χ2v) is 8.99. The Kier molecular flexibility index (Phi) is 5.27. The summed E-state index contributed by atoms with van der Waals surface area (Å²) < 4.78 is 1.37. The summed E-state index contributed by atoms with van der Waals surface area (Å²) in [5.41, 5.74) is 2.44. The topological polar surface area (TPSA) is 92.0 Å². The fourth-order valence-corrected chi connectivity index (χ4v) is 4.14. The monoisotopic (exact) mass is 425 g/mol. The van der Waals surface area contributed by atoms with Gasteiger partial charge in [-0.1, -0.05) is 37.6 Å². The summed E-state index contributed by atoms with van der Waals surface area (Å²) in [4.78, 5) is 39.9. The maximum absolute atomic E-state index is 13.5. The molecule has 6 heteroatoms. The molecular formula is C26H23N3O3. The van der Waals surface area contributed by atoms with Crippen LogP contribution < -0.4 is 10.9 Å². The molecule has 32 heavy (non-hydrogen) atoms. The van der Waals surface area contributed by atoms with Crippen LogP contribution in [0, 0.1) is 23.7 Å². The normalized spacial score (nSPS) is 14.4. The van der Waals surface area contributed by atoms with Crippen LogP contribution in [0.3, 0.4) is 0 Å². The fourth-order valence-electron chi connectivity index (χ4n) is 4.14. The number of hydrogen-bond donors (Lipinski definition) is 1. The van der Waals surface area contributed by atoms with Gasteiger partial charge >= 0.3 is 0 Å². The fraction of sp³-hybridized carbons (Fsp3) is 0.231. The molecule has 0 unspecified atom stereocenters. The maximum Gasteiger partial charge on any atom is 0.268 e. The van der Waals surface area contributed by atoms with Crippen LogP contribution in [0.1, 0.15) is 57.7 Å². The summed E-state index contributed by atoms with van der Waals surface area (Å²) in [6, 6.07) is 15.8. The Morgan fingerprint density at radius 3 is 2.50 bits per heavy atom. The number of carbonyl (C=O) groups excluding carboxylic acids is 2. The zero-order valence-electron chi connectivity index (χ0n) is 18.2. The Labute approximate surface area is 186 Å². The highest BCUT2D eigenvalue weighted by Crippen LogP contribution is 2.36. The molecule has 0 radical (unpaired) electrons. The SMILES string of the molecule is Cc1ccc(-n2cc3c(c(C(=O)Nc4cccc(C#N)c4)c2=O)CC(C)(C)CC3=O)cc1. The van der Waals surface area contributed by atoms with E-state index < -0.39 is 11.5 Å². The van der Waals surface area contributed by atoms with Gasteiger partial charge in [-0.05, 0) is 54.7 Å². The number of Topliss-reactive ketones (excluding diaryl/α,β-unsaturated/α-hetero) is 1. The average molecular weight is 425 g/mol. The summed E-state index contributed by atoms with van der Waals surface area (Å²) in [5, 5.41) is 11.9. The molecule has 0 saturated heterocycles.